The zero-order chi connectivity index (χ0) is 13.2. The Kier molecular flexibility index (Phi) is 3.51. The predicted molar refractivity (Wildman–Crippen MR) is 80.8 cm³/mol. The summed E-state index contributed by atoms with van der Waals surface area (Å²) >= 11 is 1.72. The van der Waals surface area contributed by atoms with Gasteiger partial charge < -0.3 is 5.32 Å². The summed E-state index contributed by atoms with van der Waals surface area (Å²) in [6.07, 6.45) is 5.19. The first-order chi connectivity index (χ1) is 9.28. The van der Waals surface area contributed by atoms with Crippen LogP contribution in [-0.2, 0) is 0 Å². The molecule has 0 amide bonds. The first kappa shape index (κ1) is 12.6. The quantitative estimate of drug-likeness (QED) is 0.910. The molecule has 0 bridgehead atoms. The third kappa shape index (κ3) is 2.50. The highest BCUT2D eigenvalue weighted by molar-refractivity contribution is 7.13. The molecule has 0 aliphatic heterocycles. The minimum atomic E-state index is 0.620. The van der Waals surface area contributed by atoms with Gasteiger partial charge in [-0.3, -0.25) is 0 Å². The number of aryl methyl sites for hydroxylation is 1. The van der Waals surface area contributed by atoms with Crippen LogP contribution in [0.15, 0.2) is 17.5 Å². The van der Waals surface area contributed by atoms with Crippen molar-refractivity contribution in [3.63, 3.8) is 0 Å². The Morgan fingerprint density at radius 1 is 1.26 bits per heavy atom. The van der Waals surface area contributed by atoms with Gasteiger partial charge in [-0.05, 0) is 36.8 Å². The van der Waals surface area contributed by atoms with Crippen LogP contribution in [0.3, 0.4) is 0 Å². The Balaban J connectivity index is 2.04. The van der Waals surface area contributed by atoms with E-state index in [1.54, 1.807) is 11.3 Å². The molecule has 1 fully saturated rings. The monoisotopic (exact) mass is 273 g/mol. The number of aromatic nitrogens is 2. The van der Waals surface area contributed by atoms with Crippen molar-refractivity contribution < 1.29 is 0 Å². The van der Waals surface area contributed by atoms with Crippen molar-refractivity contribution in [3.05, 3.63) is 28.8 Å². The second-order valence-electron chi connectivity index (χ2n) is 5.17. The Morgan fingerprint density at radius 2 is 2.05 bits per heavy atom. The van der Waals surface area contributed by atoms with E-state index < -0.39 is 0 Å². The highest BCUT2D eigenvalue weighted by atomic mass is 32.1. The molecule has 0 unspecified atom stereocenters. The number of nitrogens with zero attached hydrogens (tertiary/aromatic N) is 2. The average molecular weight is 273 g/mol. The average Bonchev–Trinajstić information content (AvgIpc) is 3.09. The van der Waals surface area contributed by atoms with Crippen molar-refractivity contribution in [2.45, 2.75) is 38.5 Å². The van der Waals surface area contributed by atoms with Gasteiger partial charge in [-0.15, -0.1) is 11.3 Å². The molecule has 100 valence electrons. The molecule has 0 atom stereocenters. The maximum atomic E-state index is 4.83. The third-order valence-electron chi connectivity index (χ3n) is 3.84. The zero-order valence-electron chi connectivity index (χ0n) is 11.4. The van der Waals surface area contributed by atoms with E-state index in [4.69, 9.17) is 4.98 Å². The third-order valence-corrected chi connectivity index (χ3v) is 4.85. The van der Waals surface area contributed by atoms with Crippen molar-refractivity contribution in [3.8, 4) is 10.7 Å². The van der Waals surface area contributed by atoms with E-state index in [-0.39, 0.29) is 0 Å². The fraction of sp³-hybridized carbons (Fsp3) is 0.467. The topological polar surface area (TPSA) is 37.8 Å². The number of nitrogens with one attached hydrogen (secondary N) is 1. The first-order valence-electron chi connectivity index (χ1n) is 6.89. The molecule has 2 aromatic rings. The maximum Gasteiger partial charge on any atom is 0.172 e. The molecule has 1 aliphatic carbocycles. The summed E-state index contributed by atoms with van der Waals surface area (Å²) in [6, 6.07) is 4.24. The van der Waals surface area contributed by atoms with E-state index in [0.717, 1.165) is 11.6 Å². The fourth-order valence-corrected chi connectivity index (χ4v) is 3.59. The van der Waals surface area contributed by atoms with E-state index in [1.165, 1.54) is 41.8 Å². The highest BCUT2D eigenvalue weighted by Crippen LogP contribution is 2.35. The summed E-state index contributed by atoms with van der Waals surface area (Å²) in [5, 5.41) is 5.27. The minimum Gasteiger partial charge on any atom is -0.373 e. The molecule has 0 spiro atoms. The summed E-state index contributed by atoms with van der Waals surface area (Å²) in [5.74, 6) is 2.43. The van der Waals surface area contributed by atoms with E-state index in [9.17, 15) is 0 Å². The Bertz CT molecular complexity index is 571. The Labute approximate surface area is 118 Å². The molecule has 2 heterocycles. The number of hydrogen-bond acceptors (Lipinski definition) is 4. The van der Waals surface area contributed by atoms with E-state index >= 15 is 0 Å². The molecule has 3 rings (SSSR count). The standard InChI is InChI=1S/C15H19N3S/c1-10-7-8-19-14(10)15-17-12(9-13(16-2)18-15)11-5-3-4-6-11/h7-9,11H,3-6H2,1-2H3,(H,16,17,18). The van der Waals surface area contributed by atoms with Gasteiger partial charge in [0.15, 0.2) is 5.82 Å². The van der Waals surface area contributed by atoms with Crippen molar-refractivity contribution in [1.82, 2.24) is 9.97 Å². The van der Waals surface area contributed by atoms with Crippen LogP contribution in [0.5, 0.6) is 0 Å². The minimum absolute atomic E-state index is 0.620. The smallest absolute Gasteiger partial charge is 0.172 e. The SMILES string of the molecule is CNc1cc(C2CCCC2)nc(-c2sccc2C)n1. The van der Waals surface area contributed by atoms with Gasteiger partial charge in [-0.2, -0.15) is 0 Å². The first-order valence-corrected chi connectivity index (χ1v) is 7.77. The second-order valence-corrected chi connectivity index (χ2v) is 6.08. The van der Waals surface area contributed by atoms with E-state index in [2.05, 4.69) is 34.7 Å². The summed E-state index contributed by atoms with van der Waals surface area (Å²) in [7, 11) is 1.92. The van der Waals surface area contributed by atoms with Crippen LogP contribution in [0.2, 0.25) is 0 Å². The molecule has 2 aromatic heterocycles. The molecule has 0 aromatic carbocycles. The van der Waals surface area contributed by atoms with Crippen molar-refractivity contribution in [1.29, 1.82) is 0 Å². The summed E-state index contributed by atoms with van der Waals surface area (Å²) < 4.78 is 0. The predicted octanol–water partition coefficient (Wildman–Crippen LogP) is 4.21. The molecule has 4 heteroatoms. The number of hydrogen-bond donors (Lipinski definition) is 1. The second kappa shape index (κ2) is 5.29. The molecule has 19 heavy (non-hydrogen) atoms. The lowest BCUT2D eigenvalue weighted by Crippen LogP contribution is -2.03. The largest absolute Gasteiger partial charge is 0.373 e. The molecule has 1 saturated carbocycles. The van der Waals surface area contributed by atoms with Gasteiger partial charge in [-0.25, -0.2) is 9.97 Å². The van der Waals surface area contributed by atoms with Crippen LogP contribution < -0.4 is 5.32 Å². The number of rotatable bonds is 3. The van der Waals surface area contributed by atoms with Gasteiger partial charge in [-0.1, -0.05) is 12.8 Å². The van der Waals surface area contributed by atoms with Gasteiger partial charge in [0.25, 0.3) is 0 Å². The lowest BCUT2D eigenvalue weighted by atomic mass is 10.0. The van der Waals surface area contributed by atoms with Crippen molar-refractivity contribution in [2.75, 3.05) is 12.4 Å². The molecule has 1 aliphatic rings. The number of thiophene rings is 1. The highest BCUT2D eigenvalue weighted by Gasteiger charge is 2.20. The van der Waals surface area contributed by atoms with E-state index in [1.807, 2.05) is 7.05 Å². The van der Waals surface area contributed by atoms with Gasteiger partial charge in [0.05, 0.1) is 4.88 Å². The summed E-state index contributed by atoms with van der Waals surface area (Å²) in [5.41, 5.74) is 2.47. The van der Waals surface area contributed by atoms with Crippen LogP contribution in [0, 0.1) is 6.92 Å². The van der Waals surface area contributed by atoms with Crippen molar-refractivity contribution >= 4 is 17.2 Å². The van der Waals surface area contributed by atoms with Crippen LogP contribution in [0.4, 0.5) is 5.82 Å². The van der Waals surface area contributed by atoms with Crippen LogP contribution in [-0.4, -0.2) is 17.0 Å². The fourth-order valence-electron chi connectivity index (χ4n) is 2.73. The van der Waals surface area contributed by atoms with Gasteiger partial charge in [0.1, 0.15) is 5.82 Å². The Morgan fingerprint density at radius 3 is 2.68 bits per heavy atom. The summed E-state index contributed by atoms with van der Waals surface area (Å²) in [6.45, 7) is 2.12. The van der Waals surface area contributed by atoms with E-state index in [0.29, 0.717) is 5.92 Å². The lowest BCUT2D eigenvalue weighted by Gasteiger charge is -2.12. The maximum absolute atomic E-state index is 4.83. The van der Waals surface area contributed by atoms with Crippen LogP contribution >= 0.6 is 11.3 Å². The van der Waals surface area contributed by atoms with Crippen LogP contribution in [0.1, 0.15) is 42.9 Å². The Hall–Kier alpha value is -1.42. The molecular formula is C15H19N3S. The number of anilines is 1. The lowest BCUT2D eigenvalue weighted by molar-refractivity contribution is 0.696. The molecule has 3 nitrogen and oxygen atoms in total. The van der Waals surface area contributed by atoms with Gasteiger partial charge in [0, 0.05) is 24.7 Å². The molecule has 1 N–H and O–H groups in total. The zero-order valence-corrected chi connectivity index (χ0v) is 12.3. The molecule has 0 saturated heterocycles. The normalized spacial score (nSPS) is 15.9. The molecule has 0 radical (unpaired) electrons. The van der Waals surface area contributed by atoms with Gasteiger partial charge >= 0.3 is 0 Å². The van der Waals surface area contributed by atoms with Crippen molar-refractivity contribution in [2.24, 2.45) is 0 Å². The van der Waals surface area contributed by atoms with Gasteiger partial charge in [0.2, 0.25) is 0 Å². The summed E-state index contributed by atoms with van der Waals surface area (Å²) in [4.78, 5) is 10.6. The molecular weight excluding hydrogens is 254 g/mol. The van der Waals surface area contributed by atoms with Crippen LogP contribution in [0.25, 0.3) is 10.7 Å².